The van der Waals surface area contributed by atoms with E-state index >= 15 is 0 Å². The molecular weight excluding hydrogens is 248 g/mol. The van der Waals surface area contributed by atoms with Crippen molar-refractivity contribution in [2.75, 3.05) is 5.75 Å². The van der Waals surface area contributed by atoms with Crippen molar-refractivity contribution in [3.05, 3.63) is 11.9 Å². The number of hydrogen-bond acceptors (Lipinski definition) is 3. The average molecular weight is 270 g/mol. The number of thioether (sulfide) groups is 1. The topological polar surface area (TPSA) is 55.1 Å². The van der Waals surface area contributed by atoms with Crippen LogP contribution in [-0.2, 0) is 11.2 Å². The number of nitrogens with zero attached hydrogens (tertiary/aromatic N) is 2. The fourth-order valence-electron chi connectivity index (χ4n) is 2.11. The molecule has 0 aromatic carbocycles. The van der Waals surface area contributed by atoms with Gasteiger partial charge in [-0.2, -0.15) is 0 Å². The number of aryl methyl sites for hydroxylation is 1. The number of carbonyl (C=O) groups is 1. The van der Waals surface area contributed by atoms with Gasteiger partial charge in [0.2, 0.25) is 0 Å². The lowest BCUT2D eigenvalue weighted by atomic mass is 10.1. The third-order valence-electron chi connectivity index (χ3n) is 2.98. The summed E-state index contributed by atoms with van der Waals surface area (Å²) >= 11 is 1.31. The Morgan fingerprint density at radius 3 is 2.72 bits per heavy atom. The second-order valence-corrected chi connectivity index (χ2v) is 5.23. The van der Waals surface area contributed by atoms with Crippen LogP contribution in [0.3, 0.4) is 0 Å². The highest BCUT2D eigenvalue weighted by molar-refractivity contribution is 7.99. The molecule has 0 amide bonds. The summed E-state index contributed by atoms with van der Waals surface area (Å²) in [5, 5.41) is 9.61. The lowest BCUT2D eigenvalue weighted by Crippen LogP contribution is -2.13. The smallest absolute Gasteiger partial charge is 0.313 e. The van der Waals surface area contributed by atoms with Gasteiger partial charge in [-0.3, -0.25) is 4.79 Å². The number of carboxylic acid groups (broad SMARTS) is 1. The van der Waals surface area contributed by atoms with Crippen LogP contribution in [0.1, 0.15) is 51.8 Å². The third kappa shape index (κ3) is 3.77. The highest BCUT2D eigenvalue weighted by Gasteiger charge is 2.17. The molecule has 0 fully saturated rings. The molecule has 1 heterocycles. The molecule has 5 heteroatoms. The van der Waals surface area contributed by atoms with Gasteiger partial charge in [-0.1, -0.05) is 39.0 Å². The van der Waals surface area contributed by atoms with Crippen LogP contribution in [-0.4, -0.2) is 26.4 Å². The van der Waals surface area contributed by atoms with E-state index in [-0.39, 0.29) is 5.75 Å². The van der Waals surface area contributed by atoms with Gasteiger partial charge in [-0.15, -0.1) is 0 Å². The van der Waals surface area contributed by atoms with Gasteiger partial charge in [0.05, 0.1) is 5.75 Å². The van der Waals surface area contributed by atoms with E-state index < -0.39 is 5.97 Å². The molecule has 0 saturated carbocycles. The number of imidazole rings is 1. The second kappa shape index (κ2) is 7.46. The SMILES string of the molecule is CCCC(CC)n1c(CC)cnc1SCC(=O)O. The number of aliphatic carboxylic acids is 1. The van der Waals surface area contributed by atoms with Gasteiger partial charge in [0, 0.05) is 17.9 Å². The van der Waals surface area contributed by atoms with E-state index in [0.29, 0.717) is 6.04 Å². The molecule has 0 saturated heterocycles. The average Bonchev–Trinajstić information content (AvgIpc) is 2.76. The van der Waals surface area contributed by atoms with Crippen molar-refractivity contribution in [1.82, 2.24) is 9.55 Å². The van der Waals surface area contributed by atoms with E-state index in [1.807, 2.05) is 6.20 Å². The first-order chi connectivity index (χ1) is 8.63. The minimum absolute atomic E-state index is 0.0721. The van der Waals surface area contributed by atoms with Crippen molar-refractivity contribution in [1.29, 1.82) is 0 Å². The molecule has 1 unspecified atom stereocenters. The van der Waals surface area contributed by atoms with Crippen molar-refractivity contribution < 1.29 is 9.90 Å². The summed E-state index contributed by atoms with van der Waals surface area (Å²) in [5.74, 6) is -0.723. The molecule has 0 aliphatic heterocycles. The van der Waals surface area contributed by atoms with Gasteiger partial charge < -0.3 is 9.67 Å². The van der Waals surface area contributed by atoms with Crippen LogP contribution in [0.15, 0.2) is 11.4 Å². The molecule has 0 bridgehead atoms. The Hall–Kier alpha value is -0.970. The first kappa shape index (κ1) is 15.1. The highest BCUT2D eigenvalue weighted by atomic mass is 32.2. The van der Waals surface area contributed by atoms with Gasteiger partial charge in [-0.25, -0.2) is 4.98 Å². The maximum Gasteiger partial charge on any atom is 0.313 e. The van der Waals surface area contributed by atoms with Gasteiger partial charge in [-0.05, 0) is 19.3 Å². The number of carboxylic acids is 1. The summed E-state index contributed by atoms with van der Waals surface area (Å²) in [4.78, 5) is 15.0. The van der Waals surface area contributed by atoms with Crippen LogP contribution >= 0.6 is 11.8 Å². The molecule has 18 heavy (non-hydrogen) atoms. The second-order valence-electron chi connectivity index (χ2n) is 4.29. The molecule has 0 radical (unpaired) electrons. The zero-order valence-electron chi connectivity index (χ0n) is 11.3. The van der Waals surface area contributed by atoms with Crippen molar-refractivity contribution in [2.24, 2.45) is 0 Å². The lowest BCUT2D eigenvalue weighted by molar-refractivity contribution is -0.133. The van der Waals surface area contributed by atoms with Crippen LogP contribution in [0, 0.1) is 0 Å². The molecule has 0 aliphatic rings. The monoisotopic (exact) mass is 270 g/mol. The zero-order valence-corrected chi connectivity index (χ0v) is 12.2. The standard InChI is InChI=1S/C13H22N2O2S/c1-4-7-10(5-2)15-11(6-3)8-14-13(15)18-9-12(16)17/h8,10H,4-7,9H2,1-3H3,(H,16,17). The molecule has 4 nitrogen and oxygen atoms in total. The van der Waals surface area contributed by atoms with E-state index in [9.17, 15) is 4.79 Å². The highest BCUT2D eigenvalue weighted by Crippen LogP contribution is 2.28. The van der Waals surface area contributed by atoms with Crippen molar-refractivity contribution in [3.8, 4) is 0 Å². The predicted octanol–water partition coefficient (Wildman–Crippen LogP) is 3.37. The van der Waals surface area contributed by atoms with Crippen LogP contribution in [0.25, 0.3) is 0 Å². The Morgan fingerprint density at radius 2 is 2.22 bits per heavy atom. The van der Waals surface area contributed by atoms with Gasteiger partial charge in [0.25, 0.3) is 0 Å². The lowest BCUT2D eigenvalue weighted by Gasteiger charge is -2.21. The minimum Gasteiger partial charge on any atom is -0.481 e. The summed E-state index contributed by atoms with van der Waals surface area (Å²) < 4.78 is 2.23. The quantitative estimate of drug-likeness (QED) is 0.736. The van der Waals surface area contributed by atoms with E-state index in [1.54, 1.807) is 0 Å². The number of aromatic nitrogens is 2. The fourth-order valence-corrected chi connectivity index (χ4v) is 2.90. The first-order valence-corrected chi connectivity index (χ1v) is 7.53. The molecule has 1 rings (SSSR count). The van der Waals surface area contributed by atoms with Crippen LogP contribution in [0.2, 0.25) is 0 Å². The summed E-state index contributed by atoms with van der Waals surface area (Å²) in [7, 11) is 0. The molecule has 1 aromatic rings. The van der Waals surface area contributed by atoms with E-state index in [2.05, 4.69) is 30.3 Å². The van der Waals surface area contributed by atoms with E-state index in [0.717, 1.165) is 30.8 Å². The van der Waals surface area contributed by atoms with E-state index in [4.69, 9.17) is 5.11 Å². The van der Waals surface area contributed by atoms with E-state index in [1.165, 1.54) is 17.5 Å². The number of rotatable bonds is 8. The Kier molecular flexibility index (Phi) is 6.25. The predicted molar refractivity (Wildman–Crippen MR) is 74.2 cm³/mol. The Labute approximate surface area is 113 Å². The molecular formula is C13H22N2O2S. The Morgan fingerprint density at radius 1 is 1.50 bits per heavy atom. The van der Waals surface area contributed by atoms with Crippen LogP contribution < -0.4 is 0 Å². The van der Waals surface area contributed by atoms with Crippen LogP contribution in [0.4, 0.5) is 0 Å². The van der Waals surface area contributed by atoms with Gasteiger partial charge in [0.15, 0.2) is 5.16 Å². The fraction of sp³-hybridized carbons (Fsp3) is 0.692. The third-order valence-corrected chi connectivity index (χ3v) is 3.94. The first-order valence-electron chi connectivity index (χ1n) is 6.54. The molecule has 102 valence electrons. The summed E-state index contributed by atoms with van der Waals surface area (Å²) in [6, 6.07) is 0.434. The maximum absolute atomic E-state index is 10.7. The molecule has 1 atom stereocenters. The summed E-state index contributed by atoms with van der Waals surface area (Å²) in [6.07, 6.45) is 6.10. The Balaban J connectivity index is 2.96. The number of hydrogen-bond donors (Lipinski definition) is 1. The van der Waals surface area contributed by atoms with Gasteiger partial charge in [0.1, 0.15) is 0 Å². The molecule has 1 N–H and O–H groups in total. The summed E-state index contributed by atoms with van der Waals surface area (Å²) in [6.45, 7) is 6.46. The maximum atomic E-state index is 10.7. The molecule has 1 aromatic heterocycles. The van der Waals surface area contributed by atoms with Gasteiger partial charge >= 0.3 is 5.97 Å². The van der Waals surface area contributed by atoms with Crippen molar-refractivity contribution in [2.45, 2.75) is 57.7 Å². The van der Waals surface area contributed by atoms with Crippen molar-refractivity contribution >= 4 is 17.7 Å². The Bertz CT molecular complexity index is 390. The van der Waals surface area contributed by atoms with Crippen molar-refractivity contribution in [3.63, 3.8) is 0 Å². The minimum atomic E-state index is -0.795. The largest absolute Gasteiger partial charge is 0.481 e. The molecule has 0 spiro atoms. The zero-order chi connectivity index (χ0) is 13.5. The summed E-state index contributed by atoms with van der Waals surface area (Å²) in [5.41, 5.74) is 1.20. The van der Waals surface area contributed by atoms with Crippen LogP contribution in [0.5, 0.6) is 0 Å². The molecule has 0 aliphatic carbocycles. The normalized spacial score (nSPS) is 12.6.